The zero-order valence-corrected chi connectivity index (χ0v) is 14.7. The summed E-state index contributed by atoms with van der Waals surface area (Å²) in [6.45, 7) is 1.38. The van der Waals surface area contributed by atoms with E-state index in [4.69, 9.17) is 5.73 Å². The lowest BCUT2D eigenvalue weighted by Crippen LogP contribution is -2.34. The van der Waals surface area contributed by atoms with Gasteiger partial charge < -0.3 is 16.0 Å². The second-order valence-electron chi connectivity index (χ2n) is 6.01. The quantitative estimate of drug-likeness (QED) is 0.821. The summed E-state index contributed by atoms with van der Waals surface area (Å²) >= 11 is 0. The van der Waals surface area contributed by atoms with Crippen molar-refractivity contribution in [1.29, 1.82) is 0 Å². The highest BCUT2D eigenvalue weighted by molar-refractivity contribution is 6.07. The number of hydrogen-bond acceptors (Lipinski definition) is 3. The number of rotatable bonds is 4. The lowest BCUT2D eigenvalue weighted by Gasteiger charge is -2.26. The molecule has 0 aliphatic carbocycles. The zero-order valence-electron chi connectivity index (χ0n) is 13.9. The Bertz CT molecular complexity index is 764. The SMILES string of the molecule is Cl.Nc1ccccc1C(=O)Nc1cccc(CN2CCCCC2=O)c1. The average Bonchev–Trinajstić information content (AvgIpc) is 2.58. The molecule has 5 nitrogen and oxygen atoms in total. The Morgan fingerprint density at radius 3 is 2.68 bits per heavy atom. The van der Waals surface area contributed by atoms with Crippen molar-refractivity contribution in [3.8, 4) is 0 Å². The normalized spacial score (nSPS) is 13.9. The summed E-state index contributed by atoms with van der Waals surface area (Å²) < 4.78 is 0. The van der Waals surface area contributed by atoms with E-state index in [1.165, 1.54) is 0 Å². The molecule has 1 aliphatic rings. The van der Waals surface area contributed by atoms with Crippen LogP contribution in [0, 0.1) is 0 Å². The fourth-order valence-corrected chi connectivity index (χ4v) is 2.90. The third-order valence-corrected chi connectivity index (χ3v) is 4.19. The zero-order chi connectivity index (χ0) is 16.9. The van der Waals surface area contributed by atoms with Gasteiger partial charge in [0.05, 0.1) is 5.56 Å². The minimum Gasteiger partial charge on any atom is -0.398 e. The van der Waals surface area contributed by atoms with Crippen LogP contribution in [-0.4, -0.2) is 23.3 Å². The molecule has 2 aromatic rings. The van der Waals surface area contributed by atoms with Gasteiger partial charge in [0.2, 0.25) is 5.91 Å². The molecular formula is C19H22ClN3O2. The third kappa shape index (κ3) is 4.73. The minimum atomic E-state index is -0.237. The summed E-state index contributed by atoms with van der Waals surface area (Å²) in [6, 6.07) is 14.6. The van der Waals surface area contributed by atoms with Crippen LogP contribution in [0.3, 0.4) is 0 Å². The van der Waals surface area contributed by atoms with Gasteiger partial charge in [-0.1, -0.05) is 24.3 Å². The number of carbonyl (C=O) groups excluding carboxylic acids is 2. The first-order valence-electron chi connectivity index (χ1n) is 8.16. The van der Waals surface area contributed by atoms with E-state index in [2.05, 4.69) is 5.32 Å². The fraction of sp³-hybridized carbons (Fsp3) is 0.263. The maximum absolute atomic E-state index is 12.3. The van der Waals surface area contributed by atoms with Crippen LogP contribution in [0.25, 0.3) is 0 Å². The van der Waals surface area contributed by atoms with Gasteiger partial charge in [0, 0.05) is 30.9 Å². The molecule has 132 valence electrons. The van der Waals surface area contributed by atoms with E-state index >= 15 is 0 Å². The number of carbonyl (C=O) groups is 2. The number of nitrogens with zero attached hydrogens (tertiary/aromatic N) is 1. The van der Waals surface area contributed by atoms with E-state index in [1.807, 2.05) is 29.2 Å². The van der Waals surface area contributed by atoms with Crippen molar-refractivity contribution in [3.63, 3.8) is 0 Å². The van der Waals surface area contributed by atoms with Gasteiger partial charge in [-0.25, -0.2) is 0 Å². The van der Waals surface area contributed by atoms with Crippen LogP contribution in [0.5, 0.6) is 0 Å². The van der Waals surface area contributed by atoms with Crippen molar-refractivity contribution < 1.29 is 9.59 Å². The number of amides is 2. The number of halogens is 1. The van der Waals surface area contributed by atoms with Crippen LogP contribution in [0.1, 0.15) is 35.2 Å². The second kappa shape index (κ2) is 8.53. The number of benzene rings is 2. The van der Waals surface area contributed by atoms with E-state index in [0.717, 1.165) is 24.9 Å². The van der Waals surface area contributed by atoms with E-state index in [1.54, 1.807) is 24.3 Å². The highest BCUT2D eigenvalue weighted by Crippen LogP contribution is 2.18. The molecule has 1 aliphatic heterocycles. The Balaban J connectivity index is 0.00000225. The molecule has 0 radical (unpaired) electrons. The highest BCUT2D eigenvalue weighted by Gasteiger charge is 2.18. The maximum atomic E-state index is 12.3. The third-order valence-electron chi connectivity index (χ3n) is 4.19. The predicted molar refractivity (Wildman–Crippen MR) is 102 cm³/mol. The number of piperidine rings is 1. The number of nitrogen functional groups attached to an aromatic ring is 1. The van der Waals surface area contributed by atoms with Crippen LogP contribution >= 0.6 is 12.4 Å². The maximum Gasteiger partial charge on any atom is 0.257 e. The summed E-state index contributed by atoms with van der Waals surface area (Å²) in [4.78, 5) is 26.1. The van der Waals surface area contributed by atoms with E-state index in [-0.39, 0.29) is 24.2 Å². The van der Waals surface area contributed by atoms with E-state index < -0.39 is 0 Å². The molecule has 3 N–H and O–H groups in total. The van der Waals surface area contributed by atoms with E-state index in [9.17, 15) is 9.59 Å². The molecule has 0 saturated carbocycles. The molecule has 0 bridgehead atoms. The summed E-state index contributed by atoms with van der Waals surface area (Å²) in [5, 5.41) is 2.87. The van der Waals surface area contributed by atoms with Gasteiger partial charge in [0.25, 0.3) is 5.91 Å². The Morgan fingerprint density at radius 2 is 1.92 bits per heavy atom. The standard InChI is InChI=1S/C19H21N3O2.ClH/c20-17-9-2-1-8-16(17)19(24)21-15-7-5-6-14(12-15)13-22-11-4-3-10-18(22)23;/h1-2,5-9,12H,3-4,10-11,13,20H2,(H,21,24);1H. The molecule has 1 heterocycles. The lowest BCUT2D eigenvalue weighted by atomic mass is 10.1. The van der Waals surface area contributed by atoms with Crippen LogP contribution in [0.15, 0.2) is 48.5 Å². The molecule has 6 heteroatoms. The first kappa shape index (κ1) is 18.8. The average molecular weight is 360 g/mol. The molecule has 2 aromatic carbocycles. The molecule has 0 spiro atoms. The van der Waals surface area contributed by atoms with Crippen molar-refractivity contribution in [1.82, 2.24) is 4.90 Å². The topological polar surface area (TPSA) is 75.4 Å². The molecular weight excluding hydrogens is 338 g/mol. The molecule has 1 saturated heterocycles. The molecule has 0 atom stereocenters. The Kier molecular flexibility index (Phi) is 6.42. The van der Waals surface area contributed by atoms with Crippen molar-refractivity contribution in [2.75, 3.05) is 17.6 Å². The molecule has 3 rings (SSSR count). The molecule has 0 unspecified atom stereocenters. The van der Waals surface area contributed by atoms with Gasteiger partial charge in [-0.2, -0.15) is 0 Å². The van der Waals surface area contributed by atoms with E-state index in [0.29, 0.717) is 29.9 Å². The van der Waals surface area contributed by atoms with Crippen molar-refractivity contribution >= 4 is 35.6 Å². The molecule has 25 heavy (non-hydrogen) atoms. The van der Waals surface area contributed by atoms with Gasteiger partial charge in [-0.15, -0.1) is 12.4 Å². The van der Waals surface area contributed by atoms with Crippen LogP contribution in [0.4, 0.5) is 11.4 Å². The number of likely N-dealkylation sites (tertiary alicyclic amines) is 1. The largest absolute Gasteiger partial charge is 0.398 e. The monoisotopic (exact) mass is 359 g/mol. The van der Waals surface area contributed by atoms with Crippen LogP contribution < -0.4 is 11.1 Å². The van der Waals surface area contributed by atoms with Crippen LogP contribution in [0.2, 0.25) is 0 Å². The summed E-state index contributed by atoms with van der Waals surface area (Å²) in [5.74, 6) is -0.0351. The minimum absolute atomic E-state index is 0. The smallest absolute Gasteiger partial charge is 0.257 e. The first-order chi connectivity index (χ1) is 11.6. The molecule has 1 fully saturated rings. The molecule has 0 aromatic heterocycles. The Labute approximate surface area is 153 Å². The van der Waals surface area contributed by atoms with Gasteiger partial charge >= 0.3 is 0 Å². The lowest BCUT2D eigenvalue weighted by molar-refractivity contribution is -0.133. The summed E-state index contributed by atoms with van der Waals surface area (Å²) in [7, 11) is 0. The van der Waals surface area contributed by atoms with Gasteiger partial charge in [0.1, 0.15) is 0 Å². The number of nitrogens with two attached hydrogens (primary N) is 1. The van der Waals surface area contributed by atoms with Crippen LogP contribution in [-0.2, 0) is 11.3 Å². The summed E-state index contributed by atoms with van der Waals surface area (Å²) in [6.07, 6.45) is 2.66. The summed E-state index contributed by atoms with van der Waals surface area (Å²) in [5.41, 5.74) is 8.44. The molecule has 2 amide bonds. The Morgan fingerprint density at radius 1 is 1.12 bits per heavy atom. The highest BCUT2D eigenvalue weighted by atomic mass is 35.5. The Hall–Kier alpha value is -2.53. The van der Waals surface area contributed by atoms with Crippen molar-refractivity contribution in [2.45, 2.75) is 25.8 Å². The van der Waals surface area contributed by atoms with Gasteiger partial charge in [-0.3, -0.25) is 9.59 Å². The number of anilines is 2. The number of hydrogen-bond donors (Lipinski definition) is 2. The predicted octanol–water partition coefficient (Wildman–Crippen LogP) is 3.46. The van der Waals surface area contributed by atoms with Gasteiger partial charge in [-0.05, 0) is 42.7 Å². The van der Waals surface area contributed by atoms with Crippen molar-refractivity contribution in [3.05, 3.63) is 59.7 Å². The number of nitrogens with one attached hydrogen (secondary N) is 1. The number of para-hydroxylation sites is 1. The second-order valence-corrected chi connectivity index (χ2v) is 6.01. The van der Waals surface area contributed by atoms with Gasteiger partial charge in [0.15, 0.2) is 0 Å². The first-order valence-corrected chi connectivity index (χ1v) is 8.16. The fourth-order valence-electron chi connectivity index (χ4n) is 2.90. The van der Waals surface area contributed by atoms with Crippen molar-refractivity contribution in [2.24, 2.45) is 0 Å².